The molecule has 66 valence electrons. The van der Waals surface area contributed by atoms with Crippen molar-refractivity contribution in [3.63, 3.8) is 0 Å². The molecule has 4 heteroatoms. The van der Waals surface area contributed by atoms with E-state index in [4.69, 9.17) is 0 Å². The Morgan fingerprint density at radius 2 is 2.23 bits per heavy atom. The third-order valence-electron chi connectivity index (χ3n) is 1.71. The van der Waals surface area contributed by atoms with Gasteiger partial charge in [0.15, 0.2) is 0 Å². The van der Waals surface area contributed by atoms with Gasteiger partial charge in [-0.25, -0.2) is 4.39 Å². The first kappa shape index (κ1) is 7.91. The van der Waals surface area contributed by atoms with Crippen LogP contribution < -0.4 is 0 Å². The van der Waals surface area contributed by atoms with Crippen molar-refractivity contribution in [2.75, 3.05) is 0 Å². The van der Waals surface area contributed by atoms with Crippen molar-refractivity contribution in [3.05, 3.63) is 36.5 Å². The maximum absolute atomic E-state index is 12.8. The predicted octanol–water partition coefficient (Wildman–Crippen LogP) is 1.62. The molecule has 0 N–H and O–H groups in total. The quantitative estimate of drug-likeness (QED) is 0.662. The predicted molar refractivity (Wildman–Crippen MR) is 46.4 cm³/mol. The highest BCUT2D eigenvalue weighted by Crippen LogP contribution is 2.15. The number of aromatic nitrogens is 3. The van der Waals surface area contributed by atoms with E-state index in [1.54, 1.807) is 17.1 Å². The molecule has 0 spiro atoms. The van der Waals surface area contributed by atoms with Crippen molar-refractivity contribution in [3.8, 4) is 11.3 Å². The fourth-order valence-electron chi connectivity index (χ4n) is 1.12. The number of hydrogen-bond acceptors (Lipinski definition) is 2. The zero-order valence-corrected chi connectivity index (χ0v) is 7.11. The number of aryl methyl sites for hydroxylation is 1. The lowest BCUT2D eigenvalue weighted by molar-refractivity contribution is 0.622. The van der Waals surface area contributed by atoms with Gasteiger partial charge >= 0.3 is 0 Å². The van der Waals surface area contributed by atoms with Crippen LogP contribution in [0.1, 0.15) is 0 Å². The summed E-state index contributed by atoms with van der Waals surface area (Å²) < 4.78 is 14.4. The van der Waals surface area contributed by atoms with Gasteiger partial charge in [-0.15, -0.1) is 0 Å². The topological polar surface area (TPSA) is 30.7 Å². The summed E-state index contributed by atoms with van der Waals surface area (Å²) in [5.41, 5.74) is 1.43. The van der Waals surface area contributed by atoms with E-state index in [1.807, 2.05) is 13.1 Å². The Kier molecular flexibility index (Phi) is 1.81. The molecule has 2 aromatic rings. The Bertz CT molecular complexity index is 422. The van der Waals surface area contributed by atoms with Gasteiger partial charge in [-0.1, -0.05) is 0 Å². The van der Waals surface area contributed by atoms with E-state index in [1.165, 1.54) is 12.3 Å². The number of halogens is 1. The van der Waals surface area contributed by atoms with Gasteiger partial charge in [0.2, 0.25) is 0 Å². The van der Waals surface area contributed by atoms with Crippen LogP contribution in [0.2, 0.25) is 0 Å². The van der Waals surface area contributed by atoms with Crippen molar-refractivity contribution < 1.29 is 4.39 Å². The lowest BCUT2D eigenvalue weighted by Gasteiger charge is -1.94. The molecule has 0 saturated carbocycles. The van der Waals surface area contributed by atoms with Crippen LogP contribution in [0.5, 0.6) is 0 Å². The SMILES string of the molecule is Cn1ccc(-c2cncc(F)c2)n1. The van der Waals surface area contributed by atoms with Crippen molar-refractivity contribution >= 4 is 0 Å². The first-order chi connectivity index (χ1) is 6.25. The van der Waals surface area contributed by atoms with Crippen molar-refractivity contribution in [2.24, 2.45) is 7.05 Å². The molecule has 0 unspecified atom stereocenters. The summed E-state index contributed by atoms with van der Waals surface area (Å²) in [5, 5.41) is 4.13. The van der Waals surface area contributed by atoms with Crippen LogP contribution >= 0.6 is 0 Å². The van der Waals surface area contributed by atoms with Gasteiger partial charge in [-0.2, -0.15) is 5.10 Å². The zero-order chi connectivity index (χ0) is 9.26. The first-order valence-electron chi connectivity index (χ1n) is 3.86. The monoisotopic (exact) mass is 177 g/mol. The summed E-state index contributed by atoms with van der Waals surface area (Å²) in [6, 6.07) is 3.23. The third-order valence-corrected chi connectivity index (χ3v) is 1.71. The highest BCUT2D eigenvalue weighted by molar-refractivity contribution is 5.56. The van der Waals surface area contributed by atoms with Gasteiger partial charge < -0.3 is 0 Å². The van der Waals surface area contributed by atoms with Crippen LogP contribution in [0.25, 0.3) is 11.3 Å². The van der Waals surface area contributed by atoms with E-state index in [9.17, 15) is 4.39 Å². The summed E-state index contributed by atoms with van der Waals surface area (Å²) in [6.07, 6.45) is 4.57. The minimum atomic E-state index is -0.344. The average molecular weight is 177 g/mol. The van der Waals surface area contributed by atoms with Crippen molar-refractivity contribution in [1.82, 2.24) is 14.8 Å². The van der Waals surface area contributed by atoms with Gasteiger partial charge in [-0.05, 0) is 12.1 Å². The lowest BCUT2D eigenvalue weighted by atomic mass is 10.2. The van der Waals surface area contributed by atoms with Gasteiger partial charge in [-0.3, -0.25) is 9.67 Å². The Labute approximate surface area is 74.8 Å². The molecule has 2 rings (SSSR count). The maximum Gasteiger partial charge on any atom is 0.142 e. The van der Waals surface area contributed by atoms with Crippen LogP contribution in [0.3, 0.4) is 0 Å². The van der Waals surface area contributed by atoms with Gasteiger partial charge in [0, 0.05) is 25.0 Å². The molecule has 2 aromatic heterocycles. The number of nitrogens with zero attached hydrogens (tertiary/aromatic N) is 3. The van der Waals surface area contributed by atoms with E-state index in [0.717, 1.165) is 5.69 Å². The lowest BCUT2D eigenvalue weighted by Crippen LogP contribution is -1.88. The smallest absolute Gasteiger partial charge is 0.142 e. The van der Waals surface area contributed by atoms with Crippen molar-refractivity contribution in [1.29, 1.82) is 0 Å². The molecular formula is C9H8FN3. The van der Waals surface area contributed by atoms with Gasteiger partial charge in [0.1, 0.15) is 5.82 Å². The minimum Gasteiger partial charge on any atom is -0.275 e. The molecule has 0 aliphatic carbocycles. The summed E-state index contributed by atoms with van der Waals surface area (Å²) in [4.78, 5) is 3.75. The van der Waals surface area contributed by atoms with E-state index in [-0.39, 0.29) is 5.82 Å². The van der Waals surface area contributed by atoms with E-state index < -0.39 is 0 Å². The number of pyridine rings is 1. The molecule has 0 aliphatic rings. The summed E-state index contributed by atoms with van der Waals surface area (Å²) >= 11 is 0. The molecule has 13 heavy (non-hydrogen) atoms. The second kappa shape index (κ2) is 2.97. The Hall–Kier alpha value is -1.71. The molecule has 0 atom stereocenters. The molecule has 0 radical (unpaired) electrons. The van der Waals surface area contributed by atoms with E-state index >= 15 is 0 Å². The van der Waals surface area contributed by atoms with Crippen LogP contribution in [-0.4, -0.2) is 14.8 Å². The maximum atomic E-state index is 12.8. The van der Waals surface area contributed by atoms with Gasteiger partial charge in [0.05, 0.1) is 11.9 Å². The standard InChI is InChI=1S/C9H8FN3/c1-13-3-2-9(12-13)7-4-8(10)6-11-5-7/h2-6H,1H3. The van der Waals surface area contributed by atoms with Crippen LogP contribution in [-0.2, 0) is 7.05 Å². The molecule has 0 aliphatic heterocycles. The fourth-order valence-corrected chi connectivity index (χ4v) is 1.12. The number of hydrogen-bond donors (Lipinski definition) is 0. The van der Waals surface area contributed by atoms with Gasteiger partial charge in [0.25, 0.3) is 0 Å². The zero-order valence-electron chi connectivity index (χ0n) is 7.11. The molecule has 2 heterocycles. The van der Waals surface area contributed by atoms with Crippen LogP contribution in [0.15, 0.2) is 30.7 Å². The highest BCUT2D eigenvalue weighted by atomic mass is 19.1. The molecule has 3 nitrogen and oxygen atoms in total. The highest BCUT2D eigenvalue weighted by Gasteiger charge is 2.01. The van der Waals surface area contributed by atoms with E-state index in [0.29, 0.717) is 5.56 Å². The van der Waals surface area contributed by atoms with Crippen LogP contribution in [0, 0.1) is 5.82 Å². The van der Waals surface area contributed by atoms with Crippen LogP contribution in [0.4, 0.5) is 4.39 Å². The Morgan fingerprint density at radius 3 is 2.85 bits per heavy atom. The molecular weight excluding hydrogens is 169 g/mol. The second-order valence-corrected chi connectivity index (χ2v) is 2.77. The minimum absolute atomic E-state index is 0.344. The summed E-state index contributed by atoms with van der Waals surface area (Å²) in [7, 11) is 1.82. The second-order valence-electron chi connectivity index (χ2n) is 2.77. The average Bonchev–Trinajstić information content (AvgIpc) is 2.52. The summed E-state index contributed by atoms with van der Waals surface area (Å²) in [6.45, 7) is 0. The molecule has 0 aromatic carbocycles. The Morgan fingerprint density at radius 1 is 1.38 bits per heavy atom. The molecule has 0 fully saturated rings. The fraction of sp³-hybridized carbons (Fsp3) is 0.111. The first-order valence-corrected chi connectivity index (χ1v) is 3.86. The summed E-state index contributed by atoms with van der Waals surface area (Å²) in [5.74, 6) is -0.344. The normalized spacial score (nSPS) is 10.3. The molecule has 0 amide bonds. The Balaban J connectivity index is 2.46. The third kappa shape index (κ3) is 1.56. The van der Waals surface area contributed by atoms with Crippen molar-refractivity contribution in [2.45, 2.75) is 0 Å². The molecule has 0 bridgehead atoms. The van der Waals surface area contributed by atoms with E-state index in [2.05, 4.69) is 10.1 Å². The molecule has 0 saturated heterocycles. The number of rotatable bonds is 1. The largest absolute Gasteiger partial charge is 0.275 e.